The van der Waals surface area contributed by atoms with Crippen LogP contribution in [-0.2, 0) is 0 Å². The number of fused-ring (bicyclic) bond motifs is 2. The molecule has 0 N–H and O–H groups in total. The van der Waals surface area contributed by atoms with Crippen LogP contribution in [0, 0.1) is 0 Å². The summed E-state index contributed by atoms with van der Waals surface area (Å²) in [4.78, 5) is 23.4. The maximum Gasteiger partial charge on any atom is 0.182 e. The first-order valence-corrected chi connectivity index (χ1v) is 7.94. The summed E-state index contributed by atoms with van der Waals surface area (Å²) in [6, 6.07) is 16.4. The molecule has 0 fully saturated rings. The van der Waals surface area contributed by atoms with Gasteiger partial charge in [-0.2, -0.15) is 0 Å². The second-order valence-electron chi connectivity index (χ2n) is 5.83. The van der Waals surface area contributed by atoms with Crippen LogP contribution in [0.5, 0.6) is 5.75 Å². The summed E-state index contributed by atoms with van der Waals surface area (Å²) in [7, 11) is 1.55. The number of rotatable bonds is 3. The lowest BCUT2D eigenvalue weighted by Crippen LogP contribution is -2.23. The van der Waals surface area contributed by atoms with Crippen LogP contribution >= 0.6 is 0 Å². The van der Waals surface area contributed by atoms with Gasteiger partial charge in [-0.15, -0.1) is 0 Å². The van der Waals surface area contributed by atoms with E-state index >= 15 is 0 Å². The summed E-state index contributed by atoms with van der Waals surface area (Å²) in [5.41, 5.74) is 2.19. The molecule has 0 saturated carbocycles. The van der Waals surface area contributed by atoms with E-state index in [0.717, 1.165) is 0 Å². The molecule has 1 heterocycles. The number of methoxy groups -OCH3 is 1. The molecule has 2 aliphatic rings. The van der Waals surface area contributed by atoms with Gasteiger partial charge >= 0.3 is 0 Å². The topological polar surface area (TPSA) is 79.6 Å². The number of benzene rings is 3. The van der Waals surface area contributed by atoms with Crippen molar-refractivity contribution in [3.05, 3.63) is 76.5 Å². The molecule has 2 aromatic rings. The van der Waals surface area contributed by atoms with Gasteiger partial charge in [-0.1, -0.05) is 24.3 Å². The zero-order valence-corrected chi connectivity index (χ0v) is 13.8. The van der Waals surface area contributed by atoms with E-state index < -0.39 is 5.97 Å². The van der Waals surface area contributed by atoms with Crippen molar-refractivity contribution in [2.24, 2.45) is 0 Å². The van der Waals surface area contributed by atoms with Gasteiger partial charge in [0.05, 0.1) is 13.1 Å². The molecule has 0 aromatic heterocycles. The van der Waals surface area contributed by atoms with E-state index in [0.29, 0.717) is 39.2 Å². The smallest absolute Gasteiger partial charge is 0.182 e. The Balaban J connectivity index is 2.19. The quantitative estimate of drug-likeness (QED) is 0.533. The zero-order valence-electron chi connectivity index (χ0n) is 13.8. The van der Waals surface area contributed by atoms with Crippen LogP contribution in [0.15, 0.2) is 69.9 Å². The minimum atomic E-state index is -1.27. The van der Waals surface area contributed by atoms with E-state index in [-0.39, 0.29) is 11.0 Å². The largest absolute Gasteiger partial charge is 0.545 e. The van der Waals surface area contributed by atoms with Gasteiger partial charge in [0.15, 0.2) is 5.43 Å². The predicted molar refractivity (Wildman–Crippen MR) is 95.4 cm³/mol. The second kappa shape index (κ2) is 6.04. The molecule has 0 bridgehead atoms. The van der Waals surface area contributed by atoms with Gasteiger partial charge in [0.25, 0.3) is 0 Å². The van der Waals surface area contributed by atoms with Crippen molar-refractivity contribution in [3.8, 4) is 28.2 Å². The Labute approximate surface area is 148 Å². The highest BCUT2D eigenvalue weighted by Gasteiger charge is 2.19. The molecule has 5 nitrogen and oxygen atoms in total. The Hall–Kier alpha value is -3.60. The highest BCUT2D eigenvalue weighted by Crippen LogP contribution is 2.41. The van der Waals surface area contributed by atoms with Crippen molar-refractivity contribution in [1.82, 2.24) is 0 Å². The van der Waals surface area contributed by atoms with Crippen LogP contribution in [0.1, 0.15) is 10.4 Å². The Morgan fingerprint density at radius 3 is 2.58 bits per heavy atom. The van der Waals surface area contributed by atoms with Gasteiger partial charge in [-0.3, -0.25) is 4.79 Å². The molecule has 4 rings (SSSR count). The lowest BCUT2D eigenvalue weighted by atomic mass is 9.91. The number of aromatic carboxylic acids is 1. The third-order valence-electron chi connectivity index (χ3n) is 4.32. The fourth-order valence-corrected chi connectivity index (χ4v) is 3.15. The highest BCUT2D eigenvalue weighted by molar-refractivity contribution is 6.07. The number of carbonyl (C=O) groups excluding carboxylic acids is 1. The van der Waals surface area contributed by atoms with Crippen molar-refractivity contribution in [1.29, 1.82) is 0 Å². The lowest BCUT2D eigenvalue weighted by Gasteiger charge is -2.18. The van der Waals surface area contributed by atoms with Gasteiger partial charge in [-0.25, -0.2) is 0 Å². The second-order valence-corrected chi connectivity index (χ2v) is 5.83. The molecule has 0 spiro atoms. The minimum absolute atomic E-state index is 0.0725. The Bertz CT molecular complexity index is 1170. The molecule has 5 heteroatoms. The molecule has 2 aromatic carbocycles. The van der Waals surface area contributed by atoms with Crippen molar-refractivity contribution in [2.45, 2.75) is 0 Å². The molecular weight excluding hydrogens is 332 g/mol. The summed E-state index contributed by atoms with van der Waals surface area (Å²) in [5.74, 6) is -0.295. The SMILES string of the molecule is COc1ccc2c(-c3ccccc3C(=O)[O-])c3ccc(=O)cc-3oc2c1. The minimum Gasteiger partial charge on any atom is -0.545 e. The average molecular weight is 345 g/mol. The maximum atomic E-state index is 11.8. The Morgan fingerprint density at radius 2 is 1.81 bits per heavy atom. The predicted octanol–water partition coefficient (Wildman–Crippen LogP) is 2.94. The fourth-order valence-electron chi connectivity index (χ4n) is 3.15. The molecule has 0 radical (unpaired) electrons. The first-order valence-electron chi connectivity index (χ1n) is 7.94. The molecular formula is C21H13O5-. The first kappa shape index (κ1) is 15.9. The van der Waals surface area contributed by atoms with E-state index in [1.165, 1.54) is 18.2 Å². The first-order chi connectivity index (χ1) is 12.6. The number of ether oxygens (including phenoxy) is 1. The van der Waals surface area contributed by atoms with Crippen molar-refractivity contribution >= 4 is 16.9 Å². The molecule has 26 heavy (non-hydrogen) atoms. The number of carbonyl (C=O) groups is 1. The Kier molecular flexibility index (Phi) is 3.69. The normalized spacial score (nSPS) is 11.0. The van der Waals surface area contributed by atoms with Gasteiger partial charge in [0.2, 0.25) is 0 Å². The summed E-state index contributed by atoms with van der Waals surface area (Å²) < 4.78 is 11.1. The monoisotopic (exact) mass is 345 g/mol. The highest BCUT2D eigenvalue weighted by atomic mass is 16.5. The average Bonchev–Trinajstić information content (AvgIpc) is 2.65. The Morgan fingerprint density at radius 1 is 1.00 bits per heavy atom. The standard InChI is InChI=1S/C21H14O5/c1-25-13-7-9-17-19(11-13)26-18-10-12(22)6-8-16(18)20(17)14-4-2-3-5-15(14)21(23)24/h2-11H,1H3,(H,23,24)/p-1. The van der Waals surface area contributed by atoms with E-state index in [2.05, 4.69) is 0 Å². The van der Waals surface area contributed by atoms with Crippen LogP contribution in [-0.4, -0.2) is 13.1 Å². The lowest BCUT2D eigenvalue weighted by molar-refractivity contribution is -0.254. The molecule has 1 aliphatic heterocycles. The third-order valence-corrected chi connectivity index (χ3v) is 4.32. The van der Waals surface area contributed by atoms with Crippen molar-refractivity contribution in [3.63, 3.8) is 0 Å². The van der Waals surface area contributed by atoms with Crippen LogP contribution in [0.3, 0.4) is 0 Å². The summed E-state index contributed by atoms with van der Waals surface area (Å²) in [5, 5.41) is 12.3. The van der Waals surface area contributed by atoms with Crippen LogP contribution in [0.2, 0.25) is 0 Å². The summed E-state index contributed by atoms with van der Waals surface area (Å²) in [6.07, 6.45) is 0. The molecule has 1 aliphatic carbocycles. The van der Waals surface area contributed by atoms with Crippen molar-refractivity contribution in [2.75, 3.05) is 7.11 Å². The van der Waals surface area contributed by atoms with Gasteiger partial charge in [-0.05, 0) is 29.8 Å². The fraction of sp³-hybridized carbons (Fsp3) is 0.0476. The van der Waals surface area contributed by atoms with Crippen LogP contribution < -0.4 is 15.3 Å². The summed E-state index contributed by atoms with van der Waals surface area (Å²) >= 11 is 0. The molecule has 0 unspecified atom stereocenters. The molecule has 0 atom stereocenters. The van der Waals surface area contributed by atoms with Crippen LogP contribution in [0.25, 0.3) is 33.4 Å². The third kappa shape index (κ3) is 2.50. The van der Waals surface area contributed by atoms with E-state index in [1.807, 2.05) is 6.07 Å². The van der Waals surface area contributed by atoms with Crippen LogP contribution in [0.4, 0.5) is 0 Å². The zero-order chi connectivity index (χ0) is 18.3. The van der Waals surface area contributed by atoms with E-state index in [9.17, 15) is 14.7 Å². The number of carboxylic acids is 1. The van der Waals surface area contributed by atoms with Gasteiger partial charge < -0.3 is 19.1 Å². The van der Waals surface area contributed by atoms with Gasteiger partial charge in [0.1, 0.15) is 17.1 Å². The molecule has 0 saturated heterocycles. The number of hydrogen-bond acceptors (Lipinski definition) is 5. The summed E-state index contributed by atoms with van der Waals surface area (Å²) in [6.45, 7) is 0. The number of carboxylic acid groups (broad SMARTS) is 1. The number of hydrogen-bond donors (Lipinski definition) is 0. The molecule has 128 valence electrons. The van der Waals surface area contributed by atoms with E-state index in [1.54, 1.807) is 43.5 Å². The van der Waals surface area contributed by atoms with Gasteiger partial charge in [0, 0.05) is 34.2 Å². The van der Waals surface area contributed by atoms with E-state index in [4.69, 9.17) is 9.15 Å². The molecule has 0 amide bonds. The van der Waals surface area contributed by atoms with Crippen molar-refractivity contribution < 1.29 is 19.1 Å². The maximum absolute atomic E-state index is 11.8.